The number of carbonyl (C=O) groups is 1. The van der Waals surface area contributed by atoms with Crippen molar-refractivity contribution >= 4 is 15.9 Å². The molecular weight excluding hydrogens is 346 g/mol. The zero-order valence-corrected chi connectivity index (χ0v) is 17.4. The Labute approximate surface area is 158 Å². The SMILES string of the molecule is C=CCC[C@@H](CC=C(C)C)C(=O)N1[C@@H]2C[C@H]3CC[C@]2(CS1(=O)=O)C3(C)C. The number of nitrogens with zero attached hydrogens (tertiary/aromatic N) is 1. The minimum absolute atomic E-state index is 0.00368. The Hall–Kier alpha value is -1.10. The number of fused-ring (bicyclic) bond motifs is 1. The lowest BCUT2D eigenvalue weighted by Gasteiger charge is -2.37. The summed E-state index contributed by atoms with van der Waals surface area (Å²) in [4.78, 5) is 13.4. The largest absolute Gasteiger partial charge is 0.273 e. The maximum Gasteiger partial charge on any atom is 0.239 e. The van der Waals surface area contributed by atoms with Crippen LogP contribution in [0.2, 0.25) is 0 Å². The minimum atomic E-state index is -3.53. The third kappa shape index (κ3) is 2.78. The van der Waals surface area contributed by atoms with E-state index in [0.29, 0.717) is 18.8 Å². The van der Waals surface area contributed by atoms with E-state index in [1.807, 2.05) is 19.9 Å². The van der Waals surface area contributed by atoms with Gasteiger partial charge in [-0.15, -0.1) is 6.58 Å². The zero-order valence-electron chi connectivity index (χ0n) is 16.6. The van der Waals surface area contributed by atoms with E-state index in [1.165, 1.54) is 4.31 Å². The number of allylic oxidation sites excluding steroid dienone is 3. The molecule has 4 atom stereocenters. The summed E-state index contributed by atoms with van der Waals surface area (Å²) in [5, 5.41) is 0. The van der Waals surface area contributed by atoms with E-state index in [-0.39, 0.29) is 34.4 Å². The van der Waals surface area contributed by atoms with Crippen molar-refractivity contribution in [3.05, 3.63) is 24.3 Å². The number of amides is 1. The van der Waals surface area contributed by atoms with Gasteiger partial charge in [-0.05, 0) is 63.7 Å². The summed E-state index contributed by atoms with van der Waals surface area (Å²) in [7, 11) is -3.53. The van der Waals surface area contributed by atoms with E-state index in [0.717, 1.165) is 31.3 Å². The van der Waals surface area contributed by atoms with Crippen molar-refractivity contribution in [2.75, 3.05) is 5.75 Å². The lowest BCUT2D eigenvalue weighted by Crippen LogP contribution is -2.46. The fraction of sp³-hybridized carbons (Fsp3) is 0.762. The second kappa shape index (κ2) is 6.50. The molecule has 2 aliphatic carbocycles. The van der Waals surface area contributed by atoms with Crippen molar-refractivity contribution in [1.29, 1.82) is 0 Å². The summed E-state index contributed by atoms with van der Waals surface area (Å²) in [6.45, 7) is 12.2. The molecule has 0 N–H and O–H groups in total. The molecule has 26 heavy (non-hydrogen) atoms. The molecule has 3 rings (SSSR count). The van der Waals surface area contributed by atoms with Crippen LogP contribution in [0.4, 0.5) is 0 Å². The summed E-state index contributed by atoms with van der Waals surface area (Å²) >= 11 is 0. The van der Waals surface area contributed by atoms with Crippen LogP contribution in [0, 0.1) is 22.7 Å². The zero-order chi connectivity index (χ0) is 19.3. The number of hydrogen-bond acceptors (Lipinski definition) is 3. The lowest BCUT2D eigenvalue weighted by atomic mass is 9.69. The average molecular weight is 380 g/mol. The molecule has 2 bridgehead atoms. The third-order valence-corrected chi connectivity index (χ3v) is 9.42. The molecule has 0 radical (unpaired) electrons. The second-order valence-electron chi connectivity index (χ2n) is 9.34. The van der Waals surface area contributed by atoms with E-state index in [2.05, 4.69) is 26.5 Å². The van der Waals surface area contributed by atoms with Gasteiger partial charge in [-0.1, -0.05) is 31.6 Å². The van der Waals surface area contributed by atoms with E-state index in [4.69, 9.17) is 0 Å². The summed E-state index contributed by atoms with van der Waals surface area (Å²) in [6, 6.07) is -0.133. The highest BCUT2D eigenvalue weighted by molar-refractivity contribution is 7.90. The van der Waals surface area contributed by atoms with Gasteiger partial charge < -0.3 is 0 Å². The molecule has 0 unspecified atom stereocenters. The molecule has 0 aromatic rings. The van der Waals surface area contributed by atoms with Crippen LogP contribution in [0.5, 0.6) is 0 Å². The molecule has 5 heteroatoms. The highest BCUT2D eigenvalue weighted by Gasteiger charge is 2.72. The van der Waals surface area contributed by atoms with Gasteiger partial charge >= 0.3 is 0 Å². The van der Waals surface area contributed by atoms with E-state index in [1.54, 1.807) is 0 Å². The smallest absolute Gasteiger partial charge is 0.239 e. The Morgan fingerprint density at radius 1 is 1.35 bits per heavy atom. The number of sulfonamides is 1. The highest BCUT2D eigenvalue weighted by atomic mass is 32.2. The molecule has 4 nitrogen and oxygen atoms in total. The molecule has 0 aromatic carbocycles. The monoisotopic (exact) mass is 379 g/mol. The molecule has 1 amide bonds. The number of carbonyl (C=O) groups excluding carboxylic acids is 1. The molecule has 1 heterocycles. The van der Waals surface area contributed by atoms with Gasteiger partial charge in [0.05, 0.1) is 11.8 Å². The van der Waals surface area contributed by atoms with Crippen LogP contribution in [0.3, 0.4) is 0 Å². The lowest BCUT2D eigenvalue weighted by molar-refractivity contribution is -0.133. The van der Waals surface area contributed by atoms with Gasteiger partial charge in [0.2, 0.25) is 15.9 Å². The fourth-order valence-corrected chi connectivity index (χ4v) is 8.40. The van der Waals surface area contributed by atoms with Crippen molar-refractivity contribution < 1.29 is 13.2 Å². The van der Waals surface area contributed by atoms with Crippen LogP contribution in [0.25, 0.3) is 0 Å². The van der Waals surface area contributed by atoms with E-state index in [9.17, 15) is 13.2 Å². The van der Waals surface area contributed by atoms with Gasteiger partial charge in [0.15, 0.2) is 0 Å². The van der Waals surface area contributed by atoms with Gasteiger partial charge in [-0.25, -0.2) is 12.7 Å². The molecule has 1 spiro atoms. The van der Waals surface area contributed by atoms with Crippen molar-refractivity contribution in [2.24, 2.45) is 22.7 Å². The number of hydrogen-bond donors (Lipinski definition) is 0. The van der Waals surface area contributed by atoms with Crippen molar-refractivity contribution in [2.45, 2.75) is 72.3 Å². The van der Waals surface area contributed by atoms with E-state index < -0.39 is 10.0 Å². The Morgan fingerprint density at radius 2 is 2.04 bits per heavy atom. The van der Waals surface area contributed by atoms with E-state index >= 15 is 0 Å². The van der Waals surface area contributed by atoms with Crippen LogP contribution in [0.1, 0.15) is 66.2 Å². The average Bonchev–Trinajstić information content (AvgIpc) is 3.01. The van der Waals surface area contributed by atoms with Crippen molar-refractivity contribution in [1.82, 2.24) is 4.31 Å². The van der Waals surface area contributed by atoms with Crippen LogP contribution >= 0.6 is 0 Å². The molecule has 3 fully saturated rings. The molecule has 0 aromatic heterocycles. The van der Waals surface area contributed by atoms with Gasteiger partial charge in [0.1, 0.15) is 0 Å². The number of rotatable bonds is 6. The second-order valence-corrected chi connectivity index (χ2v) is 11.2. The van der Waals surface area contributed by atoms with Crippen LogP contribution in [-0.2, 0) is 14.8 Å². The van der Waals surface area contributed by atoms with Crippen molar-refractivity contribution in [3.8, 4) is 0 Å². The first-order valence-corrected chi connectivity index (χ1v) is 11.5. The summed E-state index contributed by atoms with van der Waals surface area (Å²) < 4.78 is 27.5. The van der Waals surface area contributed by atoms with Gasteiger partial charge in [-0.2, -0.15) is 0 Å². The van der Waals surface area contributed by atoms with Crippen molar-refractivity contribution in [3.63, 3.8) is 0 Å². The Kier molecular flexibility index (Phi) is 4.92. The van der Waals surface area contributed by atoms with Crippen LogP contribution in [0.15, 0.2) is 24.3 Å². The van der Waals surface area contributed by atoms with Gasteiger partial charge in [-0.3, -0.25) is 4.79 Å². The first-order chi connectivity index (χ1) is 12.1. The molecule has 1 saturated heterocycles. The first-order valence-electron chi connectivity index (χ1n) is 9.87. The molecule has 3 aliphatic rings. The topological polar surface area (TPSA) is 54.5 Å². The molecular formula is C21H33NO3S. The minimum Gasteiger partial charge on any atom is -0.273 e. The molecule has 146 valence electrons. The van der Waals surface area contributed by atoms with Gasteiger partial charge in [0, 0.05) is 11.3 Å². The quantitative estimate of drug-likeness (QED) is 0.647. The fourth-order valence-electron chi connectivity index (χ4n) is 5.80. The normalized spacial score (nSPS) is 34.4. The molecule has 2 saturated carbocycles. The summed E-state index contributed by atoms with van der Waals surface area (Å²) in [5.74, 6) is 0.212. The predicted octanol–water partition coefficient (Wildman–Crippen LogP) is 4.29. The van der Waals surface area contributed by atoms with Crippen LogP contribution in [-0.4, -0.2) is 30.4 Å². The predicted molar refractivity (Wildman–Crippen MR) is 105 cm³/mol. The Balaban J connectivity index is 1.92. The van der Waals surface area contributed by atoms with Gasteiger partial charge in [0.25, 0.3) is 0 Å². The summed E-state index contributed by atoms with van der Waals surface area (Å²) in [5.41, 5.74) is 0.908. The van der Waals surface area contributed by atoms with Crippen LogP contribution < -0.4 is 0 Å². The first kappa shape index (κ1) is 19.7. The maximum atomic E-state index is 13.4. The molecule has 1 aliphatic heterocycles. The highest BCUT2D eigenvalue weighted by Crippen LogP contribution is 2.70. The third-order valence-electron chi connectivity index (χ3n) is 7.51. The maximum absolute atomic E-state index is 13.4. The Bertz CT molecular complexity index is 732. The standard InChI is InChI=1S/C21H33NO3S/c1-6-7-8-16(10-9-15(2)3)19(23)22-18-13-17-11-12-21(18,20(17,4)5)14-26(22,24)25/h6,9,16-18H,1,7-8,10-14H2,2-5H3/t16-,17+,18+,21+/m0/s1. The summed E-state index contributed by atoms with van der Waals surface area (Å²) in [6.07, 6.45) is 8.72. The Morgan fingerprint density at radius 3 is 2.62 bits per heavy atom.